The average Bonchev–Trinajstić information content (AvgIpc) is 2.58. The third-order valence-corrected chi connectivity index (χ3v) is 5.65. The van der Waals surface area contributed by atoms with Gasteiger partial charge in [-0.2, -0.15) is 0 Å². The maximum absolute atomic E-state index is 6.48. The third kappa shape index (κ3) is 3.95. The second-order valence-corrected chi connectivity index (χ2v) is 7.29. The van der Waals surface area contributed by atoms with Gasteiger partial charge in [-0.25, -0.2) is 0 Å². The Morgan fingerprint density at radius 2 is 1.89 bits per heavy atom. The van der Waals surface area contributed by atoms with Gasteiger partial charge >= 0.3 is 0 Å². The molecule has 5 unspecified atom stereocenters. The third-order valence-electron chi connectivity index (χ3n) is 5.65. The van der Waals surface area contributed by atoms with Gasteiger partial charge in [-0.05, 0) is 56.4 Å². The number of rotatable bonds is 3. The normalized spacial score (nSPS) is 42.0. The van der Waals surface area contributed by atoms with Crippen molar-refractivity contribution in [3.63, 3.8) is 0 Å². The largest absolute Gasteiger partial charge is 0.327 e. The molecule has 0 bridgehead atoms. The van der Waals surface area contributed by atoms with Crippen LogP contribution >= 0.6 is 0 Å². The number of nitrogens with two attached hydrogens (primary N) is 1. The highest BCUT2D eigenvalue weighted by Crippen LogP contribution is 2.34. The Hall–Kier alpha value is -0.0800. The van der Waals surface area contributed by atoms with Gasteiger partial charge in [0.2, 0.25) is 0 Å². The zero-order chi connectivity index (χ0) is 13.8. The summed E-state index contributed by atoms with van der Waals surface area (Å²) < 4.78 is 0. The minimum absolute atomic E-state index is 0.430. The van der Waals surface area contributed by atoms with Crippen molar-refractivity contribution in [1.29, 1.82) is 0 Å². The monoisotopic (exact) mass is 266 g/mol. The van der Waals surface area contributed by atoms with Gasteiger partial charge < -0.3 is 10.6 Å². The molecule has 0 amide bonds. The summed E-state index contributed by atoms with van der Waals surface area (Å²) in [6.07, 6.45) is 9.58. The number of hydrogen-bond acceptors (Lipinski definition) is 2. The van der Waals surface area contributed by atoms with Crippen LogP contribution in [0.4, 0.5) is 0 Å². The lowest BCUT2D eigenvalue weighted by Gasteiger charge is -2.42. The Labute approximate surface area is 120 Å². The van der Waals surface area contributed by atoms with E-state index in [1.165, 1.54) is 58.0 Å². The van der Waals surface area contributed by atoms with E-state index in [9.17, 15) is 0 Å². The molecule has 1 saturated carbocycles. The van der Waals surface area contributed by atoms with Crippen LogP contribution in [-0.2, 0) is 0 Å². The van der Waals surface area contributed by atoms with E-state index in [0.29, 0.717) is 6.04 Å². The van der Waals surface area contributed by atoms with Crippen LogP contribution in [0.25, 0.3) is 0 Å². The highest BCUT2D eigenvalue weighted by molar-refractivity contribution is 4.89. The average molecular weight is 266 g/mol. The molecule has 1 saturated heterocycles. The van der Waals surface area contributed by atoms with Gasteiger partial charge in [-0.15, -0.1) is 0 Å². The minimum atomic E-state index is 0.430. The summed E-state index contributed by atoms with van der Waals surface area (Å²) in [6, 6.07) is 1.25. The van der Waals surface area contributed by atoms with Crippen molar-refractivity contribution >= 4 is 0 Å². The van der Waals surface area contributed by atoms with Gasteiger partial charge in [0.25, 0.3) is 0 Å². The molecule has 0 aromatic heterocycles. The number of likely N-dealkylation sites (tertiary alicyclic amines) is 1. The summed E-state index contributed by atoms with van der Waals surface area (Å²) in [5.74, 6) is 2.36. The molecule has 2 rings (SSSR count). The molecule has 1 heterocycles. The highest BCUT2D eigenvalue weighted by Gasteiger charge is 2.34. The molecule has 2 nitrogen and oxygen atoms in total. The van der Waals surface area contributed by atoms with Crippen LogP contribution in [0.3, 0.4) is 0 Å². The molecule has 2 aliphatic rings. The highest BCUT2D eigenvalue weighted by atomic mass is 15.2. The fourth-order valence-corrected chi connectivity index (χ4v) is 4.49. The lowest BCUT2D eigenvalue weighted by atomic mass is 9.72. The van der Waals surface area contributed by atoms with Crippen molar-refractivity contribution in [3.05, 3.63) is 0 Å². The van der Waals surface area contributed by atoms with E-state index in [0.717, 1.165) is 23.8 Å². The molecule has 2 N–H and O–H groups in total. The zero-order valence-corrected chi connectivity index (χ0v) is 13.3. The predicted octanol–water partition coefficient (Wildman–Crippen LogP) is 3.65. The maximum atomic E-state index is 6.48. The van der Waals surface area contributed by atoms with Gasteiger partial charge in [-0.3, -0.25) is 0 Å². The Morgan fingerprint density at radius 3 is 2.58 bits per heavy atom. The summed E-state index contributed by atoms with van der Waals surface area (Å²) in [5, 5.41) is 0. The van der Waals surface area contributed by atoms with Crippen molar-refractivity contribution < 1.29 is 0 Å². The van der Waals surface area contributed by atoms with Crippen LogP contribution in [-0.4, -0.2) is 30.1 Å². The minimum Gasteiger partial charge on any atom is -0.327 e. The first-order valence-electron chi connectivity index (χ1n) is 8.61. The fourth-order valence-electron chi connectivity index (χ4n) is 4.49. The molecule has 0 aromatic rings. The zero-order valence-electron chi connectivity index (χ0n) is 13.3. The molecule has 0 spiro atoms. The van der Waals surface area contributed by atoms with Gasteiger partial charge in [0.15, 0.2) is 0 Å². The standard InChI is InChI=1S/C17H34N2/c1-4-15-8-6-5-7-9-19(15)12-16-14(3)10-13(2)11-17(16)18/h13-17H,4-12,18H2,1-3H3. The molecule has 1 aliphatic heterocycles. The van der Waals surface area contributed by atoms with Crippen LogP contribution in [0.2, 0.25) is 0 Å². The van der Waals surface area contributed by atoms with Crippen molar-refractivity contribution in [2.45, 2.75) is 77.8 Å². The van der Waals surface area contributed by atoms with Crippen molar-refractivity contribution in [2.75, 3.05) is 13.1 Å². The first-order valence-corrected chi connectivity index (χ1v) is 8.61. The van der Waals surface area contributed by atoms with Crippen LogP contribution in [0.5, 0.6) is 0 Å². The SMILES string of the molecule is CCC1CCCCCN1CC1C(C)CC(C)CC1N. The quantitative estimate of drug-likeness (QED) is 0.845. The van der Waals surface area contributed by atoms with E-state index >= 15 is 0 Å². The first-order chi connectivity index (χ1) is 9.11. The Bertz CT molecular complexity index is 254. The van der Waals surface area contributed by atoms with E-state index in [4.69, 9.17) is 5.73 Å². The van der Waals surface area contributed by atoms with E-state index in [1.807, 2.05) is 0 Å². The Balaban J connectivity index is 1.97. The van der Waals surface area contributed by atoms with Gasteiger partial charge in [0.05, 0.1) is 0 Å². The number of hydrogen-bond donors (Lipinski definition) is 1. The van der Waals surface area contributed by atoms with E-state index in [-0.39, 0.29) is 0 Å². The van der Waals surface area contributed by atoms with Crippen LogP contribution < -0.4 is 5.73 Å². The van der Waals surface area contributed by atoms with E-state index in [2.05, 4.69) is 25.7 Å². The van der Waals surface area contributed by atoms with E-state index in [1.54, 1.807) is 0 Å². The lowest BCUT2D eigenvalue weighted by Crippen LogP contribution is -2.48. The van der Waals surface area contributed by atoms with Crippen LogP contribution in [0, 0.1) is 17.8 Å². The summed E-state index contributed by atoms with van der Waals surface area (Å²) in [6.45, 7) is 9.72. The van der Waals surface area contributed by atoms with Crippen LogP contribution in [0.1, 0.15) is 65.7 Å². The smallest absolute Gasteiger partial charge is 0.00927 e. The molecule has 2 fully saturated rings. The van der Waals surface area contributed by atoms with Gasteiger partial charge in [0.1, 0.15) is 0 Å². The Morgan fingerprint density at radius 1 is 1.11 bits per heavy atom. The summed E-state index contributed by atoms with van der Waals surface area (Å²) in [7, 11) is 0. The molecule has 1 aliphatic carbocycles. The van der Waals surface area contributed by atoms with Crippen molar-refractivity contribution in [1.82, 2.24) is 4.90 Å². The van der Waals surface area contributed by atoms with E-state index < -0.39 is 0 Å². The topological polar surface area (TPSA) is 29.3 Å². The molecule has 19 heavy (non-hydrogen) atoms. The van der Waals surface area contributed by atoms with Crippen molar-refractivity contribution in [3.8, 4) is 0 Å². The number of nitrogens with zero attached hydrogens (tertiary/aromatic N) is 1. The summed E-state index contributed by atoms with van der Waals surface area (Å²) in [4.78, 5) is 2.78. The first kappa shape index (κ1) is 15.3. The summed E-state index contributed by atoms with van der Waals surface area (Å²) >= 11 is 0. The molecule has 0 radical (unpaired) electrons. The molecular weight excluding hydrogens is 232 g/mol. The lowest BCUT2D eigenvalue weighted by molar-refractivity contribution is 0.0921. The van der Waals surface area contributed by atoms with Gasteiger partial charge in [0, 0.05) is 18.6 Å². The second-order valence-electron chi connectivity index (χ2n) is 7.29. The van der Waals surface area contributed by atoms with Crippen molar-refractivity contribution in [2.24, 2.45) is 23.5 Å². The second kappa shape index (κ2) is 7.08. The maximum Gasteiger partial charge on any atom is 0.00927 e. The molecular formula is C17H34N2. The molecule has 112 valence electrons. The molecule has 5 atom stereocenters. The molecule has 0 aromatic carbocycles. The van der Waals surface area contributed by atoms with Gasteiger partial charge in [-0.1, -0.05) is 33.6 Å². The predicted molar refractivity (Wildman–Crippen MR) is 83.1 cm³/mol. The summed E-state index contributed by atoms with van der Waals surface area (Å²) in [5.41, 5.74) is 6.48. The Kier molecular flexibility index (Phi) is 5.70. The fraction of sp³-hybridized carbons (Fsp3) is 1.00. The molecule has 2 heteroatoms. The van der Waals surface area contributed by atoms with Crippen LogP contribution in [0.15, 0.2) is 0 Å².